The van der Waals surface area contributed by atoms with Gasteiger partial charge in [-0.05, 0) is 57.0 Å². The van der Waals surface area contributed by atoms with Gasteiger partial charge in [0.1, 0.15) is 0 Å². The molecule has 1 fully saturated rings. The molecule has 0 bridgehead atoms. The molecule has 0 unspecified atom stereocenters. The molecular formula is C22H34N6O2S. The maximum absolute atomic E-state index is 11.7. The number of piperazine rings is 1. The molecule has 9 heteroatoms. The second-order valence-corrected chi connectivity index (χ2v) is 10.4. The summed E-state index contributed by atoms with van der Waals surface area (Å²) in [6.07, 6.45) is 6.42. The topological polar surface area (TPSA) is 90.5 Å². The minimum Gasteiger partial charge on any atom is -0.385 e. The van der Waals surface area contributed by atoms with Crippen LogP contribution in [0.2, 0.25) is 0 Å². The van der Waals surface area contributed by atoms with Crippen molar-refractivity contribution in [2.24, 2.45) is 0 Å². The third-order valence-electron chi connectivity index (χ3n) is 5.45. The van der Waals surface area contributed by atoms with E-state index in [-0.39, 0.29) is 5.25 Å². The maximum atomic E-state index is 11.7. The van der Waals surface area contributed by atoms with Crippen molar-refractivity contribution in [1.82, 2.24) is 14.7 Å². The molecule has 1 aromatic heterocycles. The van der Waals surface area contributed by atoms with Crippen LogP contribution in [0.4, 0.5) is 17.3 Å². The van der Waals surface area contributed by atoms with E-state index in [0.717, 1.165) is 63.6 Å². The molecule has 3 rings (SSSR count). The summed E-state index contributed by atoms with van der Waals surface area (Å²) in [4.78, 5) is 13.3. The molecule has 0 spiro atoms. The van der Waals surface area contributed by atoms with E-state index in [1.807, 2.05) is 6.07 Å². The van der Waals surface area contributed by atoms with E-state index in [1.54, 1.807) is 26.2 Å². The summed E-state index contributed by atoms with van der Waals surface area (Å²) >= 11 is 0. The lowest BCUT2D eigenvalue weighted by Crippen LogP contribution is -2.47. The van der Waals surface area contributed by atoms with Crippen molar-refractivity contribution in [2.45, 2.75) is 38.4 Å². The number of hydrogen-bond donors (Lipinski definition) is 2. The van der Waals surface area contributed by atoms with Gasteiger partial charge in [-0.2, -0.15) is 0 Å². The fourth-order valence-electron chi connectivity index (χ4n) is 3.45. The van der Waals surface area contributed by atoms with Gasteiger partial charge in [0.05, 0.1) is 5.25 Å². The highest BCUT2D eigenvalue weighted by Gasteiger charge is 2.19. The molecule has 0 radical (unpaired) electrons. The zero-order valence-electron chi connectivity index (χ0n) is 18.5. The normalized spacial score (nSPS) is 14.8. The quantitative estimate of drug-likeness (QED) is 0.513. The first-order chi connectivity index (χ1) is 15.0. The van der Waals surface area contributed by atoms with Gasteiger partial charge in [-0.1, -0.05) is 6.42 Å². The van der Waals surface area contributed by atoms with Gasteiger partial charge < -0.3 is 15.1 Å². The van der Waals surface area contributed by atoms with Crippen molar-refractivity contribution in [3.05, 3.63) is 42.7 Å². The molecule has 0 atom stereocenters. The number of anilines is 3. The van der Waals surface area contributed by atoms with Crippen molar-refractivity contribution in [3.63, 3.8) is 0 Å². The number of sulfonamides is 1. The molecule has 2 aromatic rings. The first kappa shape index (κ1) is 23.3. The number of hydrogen-bond acceptors (Lipinski definition) is 7. The van der Waals surface area contributed by atoms with E-state index in [0.29, 0.717) is 6.54 Å². The van der Waals surface area contributed by atoms with Crippen molar-refractivity contribution < 1.29 is 8.42 Å². The zero-order chi connectivity index (χ0) is 22.1. The maximum Gasteiger partial charge on any atom is 0.225 e. The molecule has 170 valence electrons. The lowest BCUT2D eigenvalue weighted by Gasteiger charge is -2.36. The lowest BCUT2D eigenvalue weighted by molar-refractivity contribution is 0.566. The standard InChI is InChI=1S/C22H34N6O2S/c1-19(2)31(29,30)26-14-5-3-4-11-23-20-7-9-21(10-8-20)27-15-17-28(18-16-27)22-24-12-6-13-25-22/h6-10,12-13,19,23,26H,3-5,11,14-18H2,1-2H3. The van der Waals surface area contributed by atoms with Gasteiger partial charge in [0, 0.05) is 63.0 Å². The van der Waals surface area contributed by atoms with Gasteiger partial charge in [0.2, 0.25) is 16.0 Å². The second-order valence-electron chi connectivity index (χ2n) is 8.05. The van der Waals surface area contributed by atoms with Crippen LogP contribution in [-0.4, -0.2) is 62.9 Å². The summed E-state index contributed by atoms with van der Waals surface area (Å²) < 4.78 is 26.0. The summed E-state index contributed by atoms with van der Waals surface area (Å²) in [5.41, 5.74) is 2.34. The molecule has 8 nitrogen and oxygen atoms in total. The molecule has 0 saturated carbocycles. The molecule has 1 aliphatic rings. The highest BCUT2D eigenvalue weighted by Crippen LogP contribution is 2.20. The predicted octanol–water partition coefficient (Wildman–Crippen LogP) is 2.71. The fourth-order valence-corrected chi connectivity index (χ4v) is 4.21. The molecule has 31 heavy (non-hydrogen) atoms. The Balaban J connectivity index is 1.33. The average Bonchev–Trinajstić information content (AvgIpc) is 2.79. The smallest absolute Gasteiger partial charge is 0.225 e. The van der Waals surface area contributed by atoms with Gasteiger partial charge in [-0.3, -0.25) is 0 Å². The summed E-state index contributed by atoms with van der Waals surface area (Å²) in [6.45, 7) is 8.51. The van der Waals surface area contributed by atoms with Gasteiger partial charge >= 0.3 is 0 Å². The Morgan fingerprint density at radius 3 is 2.16 bits per heavy atom. The molecule has 1 aromatic carbocycles. The molecule has 1 aliphatic heterocycles. The lowest BCUT2D eigenvalue weighted by atomic mass is 10.2. The Labute approximate surface area is 186 Å². The number of benzene rings is 1. The highest BCUT2D eigenvalue weighted by atomic mass is 32.2. The van der Waals surface area contributed by atoms with Crippen LogP contribution in [0.1, 0.15) is 33.1 Å². The minimum atomic E-state index is -3.14. The van der Waals surface area contributed by atoms with E-state index >= 15 is 0 Å². The Morgan fingerprint density at radius 1 is 0.903 bits per heavy atom. The Morgan fingerprint density at radius 2 is 1.52 bits per heavy atom. The van der Waals surface area contributed by atoms with Crippen LogP contribution in [0.5, 0.6) is 0 Å². The Bertz CT molecular complexity index is 882. The number of aromatic nitrogens is 2. The predicted molar refractivity (Wildman–Crippen MR) is 127 cm³/mol. The summed E-state index contributed by atoms with van der Waals surface area (Å²) in [5.74, 6) is 0.805. The van der Waals surface area contributed by atoms with Gasteiger partial charge in [0.25, 0.3) is 0 Å². The van der Waals surface area contributed by atoms with Crippen LogP contribution >= 0.6 is 0 Å². The van der Waals surface area contributed by atoms with Crippen LogP contribution in [0, 0.1) is 0 Å². The largest absolute Gasteiger partial charge is 0.385 e. The number of nitrogens with zero attached hydrogens (tertiary/aromatic N) is 4. The molecule has 1 saturated heterocycles. The van der Waals surface area contributed by atoms with Crippen LogP contribution in [0.15, 0.2) is 42.7 Å². The number of rotatable bonds is 11. The molecule has 2 N–H and O–H groups in total. The van der Waals surface area contributed by atoms with E-state index in [2.05, 4.69) is 54.1 Å². The van der Waals surface area contributed by atoms with Crippen molar-refractivity contribution in [1.29, 1.82) is 0 Å². The van der Waals surface area contributed by atoms with Crippen LogP contribution in [-0.2, 0) is 10.0 Å². The average molecular weight is 447 g/mol. The van der Waals surface area contributed by atoms with E-state index in [1.165, 1.54) is 5.69 Å². The molecule has 0 aliphatic carbocycles. The van der Waals surface area contributed by atoms with E-state index < -0.39 is 10.0 Å². The summed E-state index contributed by atoms with van der Waals surface area (Å²) in [7, 11) is -3.14. The molecular weight excluding hydrogens is 412 g/mol. The SMILES string of the molecule is CC(C)S(=O)(=O)NCCCCCNc1ccc(N2CCN(c3ncccn3)CC2)cc1. The van der Waals surface area contributed by atoms with Gasteiger partial charge in [-0.15, -0.1) is 0 Å². The van der Waals surface area contributed by atoms with Crippen LogP contribution in [0.3, 0.4) is 0 Å². The van der Waals surface area contributed by atoms with Crippen molar-refractivity contribution in [3.8, 4) is 0 Å². The summed E-state index contributed by atoms with van der Waals surface area (Å²) in [6, 6.07) is 10.4. The van der Waals surface area contributed by atoms with E-state index in [4.69, 9.17) is 0 Å². The Kier molecular flexibility index (Phi) is 8.48. The Hall–Kier alpha value is -2.39. The first-order valence-electron chi connectivity index (χ1n) is 11.0. The third kappa shape index (κ3) is 7.07. The fraction of sp³-hybridized carbons (Fsp3) is 0.545. The van der Waals surface area contributed by atoms with Gasteiger partial charge in [0.15, 0.2) is 0 Å². The van der Waals surface area contributed by atoms with Gasteiger partial charge in [-0.25, -0.2) is 23.1 Å². The van der Waals surface area contributed by atoms with E-state index in [9.17, 15) is 8.42 Å². The number of nitrogens with one attached hydrogen (secondary N) is 2. The first-order valence-corrected chi connectivity index (χ1v) is 12.6. The van der Waals surface area contributed by atoms with Crippen molar-refractivity contribution >= 4 is 27.3 Å². The molecule has 0 amide bonds. The monoisotopic (exact) mass is 446 g/mol. The highest BCUT2D eigenvalue weighted by molar-refractivity contribution is 7.90. The van der Waals surface area contributed by atoms with Crippen LogP contribution < -0.4 is 19.8 Å². The second kappa shape index (κ2) is 11.3. The zero-order valence-corrected chi connectivity index (χ0v) is 19.3. The van der Waals surface area contributed by atoms with Crippen LogP contribution in [0.25, 0.3) is 0 Å². The molecule has 2 heterocycles. The minimum absolute atomic E-state index is 0.376. The van der Waals surface area contributed by atoms with Crippen molar-refractivity contribution in [2.75, 3.05) is 54.4 Å². The third-order valence-corrected chi connectivity index (χ3v) is 7.30. The summed E-state index contributed by atoms with van der Waals surface area (Å²) in [5, 5.41) is 3.07. The number of unbranched alkanes of at least 4 members (excludes halogenated alkanes) is 2.